The minimum Gasteiger partial charge on any atom is -0.368 e. The molecule has 3 heterocycles. The molecule has 1 N–H and O–H groups in total. The van der Waals surface area contributed by atoms with Crippen molar-refractivity contribution in [1.82, 2.24) is 20.0 Å². The average Bonchev–Trinajstić information content (AvgIpc) is 3.41. The maximum Gasteiger partial charge on any atom is 0.253 e. The lowest BCUT2D eigenvalue weighted by Gasteiger charge is -2.35. The van der Waals surface area contributed by atoms with Crippen molar-refractivity contribution in [1.29, 1.82) is 0 Å². The number of ether oxygens (including phenoxy) is 1. The van der Waals surface area contributed by atoms with Gasteiger partial charge < -0.3 is 14.5 Å². The first-order valence-electron chi connectivity index (χ1n) is 9.02. The fraction of sp³-hybridized carbons (Fsp3) is 0.421. The minimum atomic E-state index is -0.285. The third-order valence-corrected chi connectivity index (χ3v) is 5.03. The predicted molar refractivity (Wildman–Crippen MR) is 95.5 cm³/mol. The molecule has 2 fully saturated rings. The van der Waals surface area contributed by atoms with E-state index in [1.165, 1.54) is 0 Å². The van der Waals surface area contributed by atoms with Crippen LogP contribution in [0.15, 0.2) is 36.5 Å². The molecule has 2 aliphatic rings. The molecular weight excluding hydrogens is 332 g/mol. The van der Waals surface area contributed by atoms with Crippen LogP contribution in [0.3, 0.4) is 0 Å². The molecule has 26 heavy (non-hydrogen) atoms. The fourth-order valence-corrected chi connectivity index (χ4v) is 3.50. The van der Waals surface area contributed by atoms with E-state index in [1.807, 2.05) is 40.1 Å². The van der Waals surface area contributed by atoms with Gasteiger partial charge in [-0.1, -0.05) is 12.1 Å². The van der Waals surface area contributed by atoms with Gasteiger partial charge in [-0.2, -0.15) is 5.10 Å². The molecule has 2 amide bonds. The zero-order valence-electron chi connectivity index (χ0n) is 14.6. The van der Waals surface area contributed by atoms with Crippen LogP contribution in [0.1, 0.15) is 23.2 Å². The molecule has 0 unspecified atom stereocenters. The van der Waals surface area contributed by atoms with Crippen LogP contribution < -0.4 is 0 Å². The quantitative estimate of drug-likeness (QED) is 0.907. The number of H-pyrrole nitrogens is 1. The zero-order chi connectivity index (χ0) is 17.9. The van der Waals surface area contributed by atoms with Crippen LogP contribution in [-0.4, -0.2) is 70.7 Å². The lowest BCUT2D eigenvalue weighted by atomic mass is 10.1. The molecule has 2 aromatic rings. The minimum absolute atomic E-state index is 0.00498. The Morgan fingerprint density at radius 3 is 2.38 bits per heavy atom. The van der Waals surface area contributed by atoms with Gasteiger partial charge in [0.1, 0.15) is 6.10 Å². The molecule has 2 aliphatic heterocycles. The van der Waals surface area contributed by atoms with Crippen molar-refractivity contribution >= 4 is 11.8 Å². The molecule has 0 spiro atoms. The molecule has 7 nitrogen and oxygen atoms in total. The highest BCUT2D eigenvalue weighted by Gasteiger charge is 2.31. The van der Waals surface area contributed by atoms with Crippen LogP contribution in [-0.2, 0) is 9.53 Å². The van der Waals surface area contributed by atoms with Crippen molar-refractivity contribution in [2.24, 2.45) is 0 Å². The number of piperazine rings is 1. The Morgan fingerprint density at radius 2 is 1.77 bits per heavy atom. The van der Waals surface area contributed by atoms with E-state index in [4.69, 9.17) is 4.74 Å². The number of rotatable bonds is 3. The largest absolute Gasteiger partial charge is 0.368 e. The Hall–Kier alpha value is -2.67. The average molecular weight is 354 g/mol. The van der Waals surface area contributed by atoms with E-state index in [9.17, 15) is 9.59 Å². The van der Waals surface area contributed by atoms with Gasteiger partial charge in [-0.3, -0.25) is 14.7 Å². The van der Waals surface area contributed by atoms with Gasteiger partial charge in [0, 0.05) is 44.5 Å². The summed E-state index contributed by atoms with van der Waals surface area (Å²) < 4.78 is 5.47. The maximum absolute atomic E-state index is 12.7. The first kappa shape index (κ1) is 16.8. The molecule has 0 bridgehead atoms. The van der Waals surface area contributed by atoms with E-state index in [2.05, 4.69) is 10.2 Å². The number of aromatic nitrogens is 2. The number of hydrogen-bond donors (Lipinski definition) is 1. The number of carbonyl (C=O) groups excluding carboxylic acids is 2. The normalized spacial score (nSPS) is 20.4. The summed E-state index contributed by atoms with van der Waals surface area (Å²) in [4.78, 5) is 28.7. The number of benzene rings is 1. The van der Waals surface area contributed by atoms with Crippen molar-refractivity contribution in [3.8, 4) is 11.3 Å². The summed E-state index contributed by atoms with van der Waals surface area (Å²) in [6, 6.07) is 9.39. The van der Waals surface area contributed by atoms with Crippen LogP contribution in [0.5, 0.6) is 0 Å². The Balaban J connectivity index is 1.35. The molecule has 1 aromatic carbocycles. The summed E-state index contributed by atoms with van der Waals surface area (Å²) in [5.41, 5.74) is 2.57. The lowest BCUT2D eigenvalue weighted by molar-refractivity contribution is -0.142. The van der Waals surface area contributed by atoms with Crippen molar-refractivity contribution in [2.45, 2.75) is 18.9 Å². The summed E-state index contributed by atoms with van der Waals surface area (Å²) in [6.07, 6.45) is 3.17. The molecule has 0 saturated carbocycles. The lowest BCUT2D eigenvalue weighted by Crippen LogP contribution is -2.52. The zero-order valence-corrected chi connectivity index (χ0v) is 14.6. The Bertz CT molecular complexity index is 759. The van der Waals surface area contributed by atoms with Crippen LogP contribution in [0.4, 0.5) is 0 Å². The smallest absolute Gasteiger partial charge is 0.253 e. The first-order valence-corrected chi connectivity index (χ1v) is 9.02. The molecule has 7 heteroatoms. The van der Waals surface area contributed by atoms with E-state index < -0.39 is 0 Å². The number of hydrogen-bond acceptors (Lipinski definition) is 4. The molecule has 1 atom stereocenters. The Morgan fingerprint density at radius 1 is 1.04 bits per heavy atom. The third-order valence-electron chi connectivity index (χ3n) is 5.03. The van der Waals surface area contributed by atoms with Gasteiger partial charge in [-0.25, -0.2) is 0 Å². The van der Waals surface area contributed by atoms with E-state index in [1.54, 1.807) is 6.20 Å². The van der Waals surface area contributed by atoms with Crippen LogP contribution in [0.2, 0.25) is 0 Å². The van der Waals surface area contributed by atoms with Crippen molar-refractivity contribution in [3.63, 3.8) is 0 Å². The van der Waals surface area contributed by atoms with Gasteiger partial charge in [0.15, 0.2) is 0 Å². The van der Waals surface area contributed by atoms with Gasteiger partial charge in [-0.05, 0) is 36.6 Å². The monoisotopic (exact) mass is 354 g/mol. The SMILES string of the molecule is O=C(c1ccc(-c2ccn[nH]2)cc1)N1CCN(C(=O)[C@H]2CCCO2)CC1. The summed E-state index contributed by atoms with van der Waals surface area (Å²) >= 11 is 0. The highest BCUT2D eigenvalue weighted by molar-refractivity contribution is 5.95. The Labute approximate surface area is 151 Å². The highest BCUT2D eigenvalue weighted by atomic mass is 16.5. The number of nitrogens with one attached hydrogen (secondary N) is 1. The van der Waals surface area contributed by atoms with Gasteiger partial charge in [-0.15, -0.1) is 0 Å². The van der Waals surface area contributed by atoms with Gasteiger partial charge in [0.25, 0.3) is 11.8 Å². The van der Waals surface area contributed by atoms with Crippen LogP contribution in [0.25, 0.3) is 11.3 Å². The molecule has 2 saturated heterocycles. The van der Waals surface area contributed by atoms with Crippen LogP contribution in [0, 0.1) is 0 Å². The summed E-state index contributed by atoms with van der Waals surface area (Å²) in [5.74, 6) is 0.0730. The van der Waals surface area contributed by atoms with Crippen molar-refractivity contribution in [3.05, 3.63) is 42.1 Å². The van der Waals surface area contributed by atoms with E-state index >= 15 is 0 Å². The molecule has 1 aromatic heterocycles. The van der Waals surface area contributed by atoms with Crippen LogP contribution >= 0.6 is 0 Å². The molecule has 0 aliphatic carbocycles. The Kier molecular flexibility index (Phi) is 4.71. The second kappa shape index (κ2) is 7.29. The van der Waals surface area contributed by atoms with E-state index in [0.29, 0.717) is 38.3 Å². The second-order valence-corrected chi connectivity index (χ2v) is 6.67. The molecular formula is C19H22N4O3. The third kappa shape index (κ3) is 3.35. The number of aromatic amines is 1. The standard InChI is InChI=1S/C19H22N4O3/c24-18(15-5-3-14(4-6-15)16-7-8-20-21-16)22-9-11-23(12-10-22)19(25)17-2-1-13-26-17/h3-8,17H,1-2,9-13H2,(H,20,21)/t17-/m1/s1. The maximum atomic E-state index is 12.7. The van der Waals surface area contributed by atoms with Crippen molar-refractivity contribution in [2.75, 3.05) is 32.8 Å². The van der Waals surface area contributed by atoms with Crippen molar-refractivity contribution < 1.29 is 14.3 Å². The topological polar surface area (TPSA) is 78.5 Å². The highest BCUT2D eigenvalue weighted by Crippen LogP contribution is 2.19. The number of amides is 2. The molecule has 4 rings (SSSR count). The molecule has 136 valence electrons. The fourth-order valence-electron chi connectivity index (χ4n) is 3.50. The van der Waals surface area contributed by atoms with Gasteiger partial charge in [0.05, 0.1) is 5.69 Å². The van der Waals surface area contributed by atoms with E-state index in [0.717, 1.165) is 24.1 Å². The summed E-state index contributed by atoms with van der Waals surface area (Å²) in [5, 5.41) is 6.85. The first-order chi connectivity index (χ1) is 12.7. The van der Waals surface area contributed by atoms with Gasteiger partial charge >= 0.3 is 0 Å². The summed E-state index contributed by atoms with van der Waals surface area (Å²) in [7, 11) is 0. The second-order valence-electron chi connectivity index (χ2n) is 6.67. The summed E-state index contributed by atoms with van der Waals surface area (Å²) in [6.45, 7) is 2.91. The number of nitrogens with zero attached hydrogens (tertiary/aromatic N) is 3. The molecule has 0 radical (unpaired) electrons. The van der Waals surface area contributed by atoms with E-state index in [-0.39, 0.29) is 17.9 Å². The predicted octanol–water partition coefficient (Wildman–Crippen LogP) is 1.54. The number of carbonyl (C=O) groups is 2. The van der Waals surface area contributed by atoms with Gasteiger partial charge in [0.2, 0.25) is 0 Å².